The summed E-state index contributed by atoms with van der Waals surface area (Å²) in [6.45, 7) is 49.0. The maximum absolute atomic E-state index is 2.56. The summed E-state index contributed by atoms with van der Waals surface area (Å²) in [6.07, 6.45) is 0. The fourth-order valence-electron chi connectivity index (χ4n) is 12.4. The third kappa shape index (κ3) is 10.2. The van der Waals surface area contributed by atoms with Gasteiger partial charge in [-0.1, -0.05) is 249 Å². The highest BCUT2D eigenvalue weighted by Crippen LogP contribution is 2.49. The van der Waals surface area contributed by atoms with Crippen LogP contribution in [0.1, 0.15) is 184 Å². The summed E-state index contributed by atoms with van der Waals surface area (Å²) in [5, 5.41) is 10.2. The minimum Gasteiger partial charge on any atom is -0.310 e. The van der Waals surface area contributed by atoms with Crippen LogP contribution in [-0.2, 0) is 37.9 Å². The largest absolute Gasteiger partial charge is 0.310 e. The Hall–Kier alpha value is -7.16. The van der Waals surface area contributed by atoms with Gasteiger partial charge in [0.15, 0.2) is 0 Å². The van der Waals surface area contributed by atoms with Crippen molar-refractivity contribution in [3.63, 3.8) is 0 Å². The Labute approximate surface area is 492 Å². The van der Waals surface area contributed by atoms with Gasteiger partial charge in [-0.05, 0) is 181 Å². The lowest BCUT2D eigenvalue weighted by Gasteiger charge is -2.32. The van der Waals surface area contributed by atoms with E-state index in [0.29, 0.717) is 0 Å². The Morgan fingerprint density at radius 2 is 0.671 bits per heavy atom. The number of aromatic nitrogens is 1. The van der Waals surface area contributed by atoms with Gasteiger partial charge in [-0.3, -0.25) is 0 Å². The number of benzene rings is 10. The number of nitrogens with zero attached hydrogens (tertiary/aromatic N) is 2. The van der Waals surface area contributed by atoms with Crippen molar-refractivity contribution in [2.45, 2.75) is 183 Å². The van der Waals surface area contributed by atoms with E-state index in [-0.39, 0.29) is 37.9 Å². The molecule has 0 atom stereocenters. The number of anilines is 3. The lowest BCUT2D eigenvalue weighted by Crippen LogP contribution is -2.19. The normalized spacial score (nSPS) is 13.4. The number of hydrogen-bond donors (Lipinski definition) is 0. The SMILES string of the molecule is CC(C)(C)c1cc(-c2cc(C(C)(C)C)ccc2-c2ccc(N(c3cc(C(C)(C)C)cc(C(C)(C)C)c3)c3ccc4ccc5c(-n6c7ccc(C(C)(C)C)cc7c7cc(C(C)(C)C)ccc76)ccc6ccc3c4c65)cc2)cc(C(C)(C)C)c1. The first-order valence-corrected chi connectivity index (χ1v) is 30.2. The van der Waals surface area contributed by atoms with Crippen molar-refractivity contribution in [3.05, 3.63) is 203 Å². The number of hydrogen-bond acceptors (Lipinski definition) is 1. The average molecular weight is 1080 g/mol. The van der Waals surface area contributed by atoms with Gasteiger partial charge in [-0.25, -0.2) is 0 Å². The van der Waals surface area contributed by atoms with E-state index in [1.807, 2.05) is 0 Å². The maximum Gasteiger partial charge on any atom is 0.0541 e. The van der Waals surface area contributed by atoms with Crippen molar-refractivity contribution in [1.82, 2.24) is 4.57 Å². The lowest BCUT2D eigenvalue weighted by atomic mass is 9.77. The summed E-state index contributed by atoms with van der Waals surface area (Å²) in [7, 11) is 0. The van der Waals surface area contributed by atoms with E-state index in [2.05, 4.69) is 319 Å². The fourth-order valence-corrected chi connectivity index (χ4v) is 12.4. The minimum absolute atomic E-state index is 0.00659. The molecule has 2 heteroatoms. The van der Waals surface area contributed by atoms with Crippen LogP contribution in [0.25, 0.3) is 82.1 Å². The molecule has 1 heterocycles. The Morgan fingerprint density at radius 1 is 0.268 bits per heavy atom. The molecule has 0 bridgehead atoms. The highest BCUT2D eigenvalue weighted by atomic mass is 15.1. The van der Waals surface area contributed by atoms with Gasteiger partial charge < -0.3 is 9.47 Å². The van der Waals surface area contributed by atoms with Crippen LogP contribution in [0.15, 0.2) is 164 Å². The zero-order chi connectivity index (χ0) is 59.2. The lowest BCUT2D eigenvalue weighted by molar-refractivity contribution is 0.568. The molecule has 420 valence electrons. The van der Waals surface area contributed by atoms with E-state index in [1.54, 1.807) is 0 Å². The molecule has 0 N–H and O–H groups in total. The molecule has 0 aliphatic carbocycles. The second-order valence-electron chi connectivity index (χ2n) is 31.4. The minimum atomic E-state index is -0.0766. The average Bonchev–Trinajstić information content (AvgIpc) is 1.53. The molecule has 1 aromatic heterocycles. The van der Waals surface area contributed by atoms with Gasteiger partial charge in [0.05, 0.1) is 22.4 Å². The Kier molecular flexibility index (Phi) is 13.3. The molecule has 0 unspecified atom stereocenters. The first-order chi connectivity index (χ1) is 38.1. The van der Waals surface area contributed by atoms with Gasteiger partial charge in [0, 0.05) is 32.9 Å². The molecule has 0 radical (unpaired) electrons. The van der Waals surface area contributed by atoms with Gasteiger partial charge in [0.25, 0.3) is 0 Å². The molecule has 0 fully saturated rings. The van der Waals surface area contributed by atoms with Gasteiger partial charge in [0.2, 0.25) is 0 Å². The topological polar surface area (TPSA) is 8.17 Å². The standard InChI is InChI=1S/C80H90N2/c1-74(2,3)53-28-35-62(65(46-53)52-40-56(77(10,11)12)42-57(41-52)78(13,14)15)49-22-31-60(32-23-49)81(61-44-58(79(16,17)18)43-59(45-61)80(19,20)21)68-36-26-50-25-34-64-69(37-27-51-24-33-63(68)72(50)73(51)64)82-70-38-29-54(75(4,5)6)47-66(70)67-48-55(76(7,8)9)30-39-71(67)82/h22-48H,1-21H3. The van der Waals surface area contributed by atoms with Crippen LogP contribution in [0, 0.1) is 0 Å². The molecule has 0 saturated carbocycles. The summed E-state index contributed by atoms with van der Waals surface area (Å²) in [5.41, 5.74) is 21.4. The Bertz CT molecular complexity index is 4140. The molecule has 82 heavy (non-hydrogen) atoms. The summed E-state index contributed by atoms with van der Waals surface area (Å²) in [5.74, 6) is 0. The van der Waals surface area contributed by atoms with Crippen molar-refractivity contribution in [2.24, 2.45) is 0 Å². The molecule has 11 rings (SSSR count). The maximum atomic E-state index is 2.56. The van der Waals surface area contributed by atoms with Crippen LogP contribution in [0.2, 0.25) is 0 Å². The summed E-state index contributed by atoms with van der Waals surface area (Å²) >= 11 is 0. The first kappa shape index (κ1) is 56.7. The van der Waals surface area contributed by atoms with Crippen molar-refractivity contribution in [2.75, 3.05) is 4.90 Å². The smallest absolute Gasteiger partial charge is 0.0541 e. The van der Waals surface area contributed by atoms with Gasteiger partial charge >= 0.3 is 0 Å². The molecular weight excluding hydrogens is 989 g/mol. The van der Waals surface area contributed by atoms with Crippen molar-refractivity contribution in [1.29, 1.82) is 0 Å². The van der Waals surface area contributed by atoms with E-state index in [0.717, 1.165) is 11.4 Å². The molecule has 10 aromatic carbocycles. The predicted molar refractivity (Wildman–Crippen MR) is 361 cm³/mol. The first-order valence-electron chi connectivity index (χ1n) is 30.2. The van der Waals surface area contributed by atoms with Crippen LogP contribution in [-0.4, -0.2) is 4.57 Å². The summed E-state index contributed by atoms with van der Waals surface area (Å²) in [6, 6.07) is 64.7. The van der Waals surface area contributed by atoms with Crippen molar-refractivity contribution < 1.29 is 0 Å². The van der Waals surface area contributed by atoms with E-state index in [4.69, 9.17) is 0 Å². The van der Waals surface area contributed by atoms with Crippen LogP contribution in [0.3, 0.4) is 0 Å². The van der Waals surface area contributed by atoms with E-state index >= 15 is 0 Å². The van der Waals surface area contributed by atoms with E-state index in [1.165, 1.54) is 127 Å². The molecule has 2 nitrogen and oxygen atoms in total. The molecule has 0 aliphatic heterocycles. The molecular formula is C80H90N2. The second kappa shape index (κ2) is 19.2. The predicted octanol–water partition coefficient (Wildman–Crippen LogP) is 23.6. The zero-order valence-electron chi connectivity index (χ0n) is 53.5. The van der Waals surface area contributed by atoms with Crippen molar-refractivity contribution >= 4 is 71.2 Å². The van der Waals surface area contributed by atoms with Gasteiger partial charge in [-0.15, -0.1) is 0 Å². The Balaban J connectivity index is 1.15. The van der Waals surface area contributed by atoms with E-state index < -0.39 is 0 Å². The molecule has 0 aliphatic rings. The second-order valence-corrected chi connectivity index (χ2v) is 31.4. The van der Waals surface area contributed by atoms with Gasteiger partial charge in [-0.2, -0.15) is 0 Å². The van der Waals surface area contributed by atoms with Crippen LogP contribution < -0.4 is 4.90 Å². The monoisotopic (exact) mass is 1080 g/mol. The number of fused-ring (bicyclic) bond motifs is 3. The van der Waals surface area contributed by atoms with E-state index in [9.17, 15) is 0 Å². The number of rotatable bonds is 6. The van der Waals surface area contributed by atoms with Crippen molar-refractivity contribution in [3.8, 4) is 27.9 Å². The fraction of sp³-hybridized carbons (Fsp3) is 0.350. The Morgan fingerprint density at radius 3 is 1.15 bits per heavy atom. The highest BCUT2D eigenvalue weighted by molar-refractivity contribution is 6.27. The summed E-state index contributed by atoms with van der Waals surface area (Å²) < 4.78 is 2.54. The molecule has 11 aromatic rings. The van der Waals surface area contributed by atoms with Gasteiger partial charge in [0.1, 0.15) is 0 Å². The molecule has 0 spiro atoms. The van der Waals surface area contributed by atoms with Crippen LogP contribution in [0.5, 0.6) is 0 Å². The summed E-state index contributed by atoms with van der Waals surface area (Å²) in [4.78, 5) is 2.56. The third-order valence-electron chi connectivity index (χ3n) is 17.8. The third-order valence-corrected chi connectivity index (χ3v) is 17.8. The molecule has 0 saturated heterocycles. The quantitative estimate of drug-likeness (QED) is 0.151. The van der Waals surface area contributed by atoms with Crippen LogP contribution >= 0.6 is 0 Å². The zero-order valence-corrected chi connectivity index (χ0v) is 53.5. The molecule has 0 amide bonds. The van der Waals surface area contributed by atoms with Crippen LogP contribution in [0.4, 0.5) is 17.1 Å². The highest BCUT2D eigenvalue weighted by Gasteiger charge is 2.29.